The Morgan fingerprint density at radius 1 is 1.18 bits per heavy atom. The van der Waals surface area contributed by atoms with Gasteiger partial charge in [-0.05, 0) is 80.4 Å². The number of nitrogen functional groups attached to an aromatic ring is 1. The monoisotopic (exact) mass is 620 g/mol. The fraction of sp³-hybridized carbons (Fsp3) is 0.543. The molecule has 0 radical (unpaired) electrons. The molecular weight excluding hydrogens is 579 g/mol. The zero-order chi connectivity index (χ0) is 32.1. The Balaban J connectivity index is 1.21. The zero-order valence-electron chi connectivity index (χ0n) is 25.8. The van der Waals surface area contributed by atoms with Gasteiger partial charge in [0, 0.05) is 41.2 Å². The van der Waals surface area contributed by atoms with Crippen molar-refractivity contribution in [2.24, 2.45) is 29.7 Å². The second kappa shape index (κ2) is 10.2. The van der Waals surface area contributed by atoms with Crippen molar-refractivity contribution >= 4 is 17.3 Å². The van der Waals surface area contributed by atoms with Gasteiger partial charge in [0.1, 0.15) is 6.61 Å². The average molecular weight is 621 g/mol. The molecule has 10 heteroatoms. The number of nitrogens with zero attached hydrogens (tertiary/aromatic N) is 1. The van der Waals surface area contributed by atoms with Crippen molar-refractivity contribution in [2.45, 2.75) is 82.3 Å². The Hall–Kier alpha value is -3.15. The number of benzene rings is 1. The number of alkyl halides is 1. The van der Waals surface area contributed by atoms with Crippen molar-refractivity contribution in [3.8, 4) is 0 Å². The topological polar surface area (TPSA) is 144 Å². The number of carbonyl (C=O) groups excluding carboxylic acids is 2. The molecule has 7 rings (SSSR count). The number of ketones is 2. The number of fused-ring (bicyclic) bond motifs is 7. The summed E-state index contributed by atoms with van der Waals surface area (Å²) in [6.45, 7) is 2.74. The normalized spacial score (nSPS) is 40.0. The summed E-state index contributed by atoms with van der Waals surface area (Å²) in [4.78, 5) is 26.0. The molecule has 0 unspecified atom stereocenters. The minimum Gasteiger partial charge on any atom is -0.398 e. The maximum atomic E-state index is 17.6. The van der Waals surface area contributed by atoms with Gasteiger partial charge in [0.2, 0.25) is 6.29 Å². The van der Waals surface area contributed by atoms with Crippen molar-refractivity contribution in [3.63, 3.8) is 0 Å². The van der Waals surface area contributed by atoms with Gasteiger partial charge in [-0.15, -0.1) is 0 Å². The smallest absolute Gasteiger partial charge is 0.200 e. The van der Waals surface area contributed by atoms with E-state index in [2.05, 4.69) is 0 Å². The van der Waals surface area contributed by atoms with Crippen LogP contribution >= 0.6 is 0 Å². The molecule has 240 valence electrons. The second-order valence-electron chi connectivity index (χ2n) is 14.1. The molecule has 1 aliphatic heterocycles. The summed E-state index contributed by atoms with van der Waals surface area (Å²) in [5.74, 6) is -1.69. The van der Waals surface area contributed by atoms with E-state index in [9.17, 15) is 24.9 Å². The predicted octanol–water partition coefficient (Wildman–Crippen LogP) is 3.39. The number of hydrogen-bond acceptors (Lipinski definition) is 8. The lowest BCUT2D eigenvalue weighted by atomic mass is 9.44. The molecule has 0 amide bonds. The lowest BCUT2D eigenvalue weighted by Gasteiger charge is -2.62. The van der Waals surface area contributed by atoms with Crippen LogP contribution < -0.4 is 5.73 Å². The summed E-state index contributed by atoms with van der Waals surface area (Å²) < 4.78 is 32.7. The minimum absolute atomic E-state index is 0.0582. The quantitative estimate of drug-likeness (QED) is 0.360. The molecule has 3 saturated carbocycles. The van der Waals surface area contributed by atoms with Gasteiger partial charge < -0.3 is 35.1 Å². The van der Waals surface area contributed by atoms with Crippen LogP contribution in [-0.2, 0) is 39.1 Å². The SMILES string of the molecule is Cn1cc(Cc2ccc(CO)c(N)c2)cc1[C@@H]1O[C@@H]2C[C@H]3[C@@H]4CCC5=CC(=O)C=C[C@]5(C)[C@@]4(F)[C@@H](O)C[C@]3(C)[C@]2(C(=O)CO)O1. The summed E-state index contributed by atoms with van der Waals surface area (Å²) >= 11 is 0. The minimum atomic E-state index is -2.05. The van der Waals surface area contributed by atoms with Crippen LogP contribution in [0.2, 0.25) is 0 Å². The fourth-order valence-electron chi connectivity index (χ4n) is 9.82. The van der Waals surface area contributed by atoms with E-state index in [4.69, 9.17) is 15.2 Å². The number of anilines is 1. The van der Waals surface area contributed by atoms with E-state index in [1.165, 1.54) is 12.2 Å². The fourth-order valence-corrected chi connectivity index (χ4v) is 9.82. The maximum absolute atomic E-state index is 17.6. The molecule has 5 aliphatic rings. The summed E-state index contributed by atoms with van der Waals surface area (Å²) in [6.07, 6.45) is 5.14. The Morgan fingerprint density at radius 2 is 1.96 bits per heavy atom. The Kier molecular flexibility index (Phi) is 6.90. The van der Waals surface area contributed by atoms with Crippen molar-refractivity contribution in [1.29, 1.82) is 0 Å². The number of carbonyl (C=O) groups is 2. The van der Waals surface area contributed by atoms with Gasteiger partial charge in [-0.3, -0.25) is 9.59 Å². The highest BCUT2D eigenvalue weighted by Gasteiger charge is 2.79. The van der Waals surface area contributed by atoms with Gasteiger partial charge in [-0.1, -0.05) is 30.7 Å². The van der Waals surface area contributed by atoms with Gasteiger partial charge in [-0.25, -0.2) is 4.39 Å². The number of hydrogen-bond donors (Lipinski definition) is 4. The van der Waals surface area contributed by atoms with Gasteiger partial charge >= 0.3 is 0 Å². The molecule has 0 bridgehead atoms. The Bertz CT molecular complexity index is 1650. The largest absolute Gasteiger partial charge is 0.398 e. The predicted molar refractivity (Wildman–Crippen MR) is 162 cm³/mol. The van der Waals surface area contributed by atoms with Crippen LogP contribution in [0.4, 0.5) is 10.1 Å². The summed E-state index contributed by atoms with van der Waals surface area (Å²) in [5.41, 5.74) is 4.79. The number of nitrogens with two attached hydrogens (primary N) is 1. The van der Waals surface area contributed by atoms with Gasteiger partial charge in [0.25, 0.3) is 0 Å². The van der Waals surface area contributed by atoms with E-state index in [0.29, 0.717) is 48.2 Å². The maximum Gasteiger partial charge on any atom is 0.200 e. The number of aromatic nitrogens is 1. The number of Topliss-reactive ketones (excluding diaryl/α,β-unsaturated/α-hetero) is 1. The van der Waals surface area contributed by atoms with E-state index < -0.39 is 58.9 Å². The van der Waals surface area contributed by atoms with Crippen molar-refractivity contribution in [3.05, 3.63) is 76.6 Å². The van der Waals surface area contributed by atoms with E-state index in [1.54, 1.807) is 19.1 Å². The number of aliphatic hydroxyl groups excluding tert-OH is 3. The number of rotatable bonds is 6. The molecule has 4 aliphatic carbocycles. The van der Waals surface area contributed by atoms with Gasteiger partial charge in [-0.2, -0.15) is 0 Å². The third kappa shape index (κ3) is 3.96. The summed E-state index contributed by atoms with van der Waals surface area (Å²) in [7, 11) is 1.87. The highest BCUT2D eigenvalue weighted by Crippen LogP contribution is 2.72. The molecule has 1 saturated heterocycles. The number of halogens is 1. The number of aliphatic hydroxyl groups is 3. The lowest BCUT2D eigenvalue weighted by molar-refractivity contribution is -0.232. The van der Waals surface area contributed by atoms with E-state index in [0.717, 1.165) is 11.1 Å². The van der Waals surface area contributed by atoms with Gasteiger partial charge in [0.15, 0.2) is 22.8 Å². The van der Waals surface area contributed by atoms with E-state index >= 15 is 4.39 Å². The standard InChI is InChI=1S/C35H41FN2O7/c1-32-9-8-23(41)13-22(32)6-7-24-25-14-30-35(29(43)18-40,33(25,2)15-28(42)34(24,32)36)45-31(44-30)27-12-20(16-38(27)3)10-19-4-5-21(17-39)26(37)11-19/h4-5,8-9,11-13,16,24-25,28,30-31,39-40,42H,6-7,10,14-15,17-18,37H2,1-3H3/t24-,25-,28-,30+,31+,32-,33-,34-,35+/m0/s1. The van der Waals surface area contributed by atoms with Crippen molar-refractivity contribution in [2.75, 3.05) is 12.3 Å². The van der Waals surface area contributed by atoms with Crippen LogP contribution in [0, 0.1) is 22.7 Å². The van der Waals surface area contributed by atoms with Crippen LogP contribution in [0.3, 0.4) is 0 Å². The third-order valence-electron chi connectivity index (χ3n) is 12.1. The summed E-state index contributed by atoms with van der Waals surface area (Å²) in [6, 6.07) is 7.51. The Labute approximate surface area is 261 Å². The molecule has 4 fully saturated rings. The molecule has 0 spiro atoms. The summed E-state index contributed by atoms with van der Waals surface area (Å²) in [5, 5.41) is 31.4. The number of allylic oxidation sites excluding steroid dienone is 4. The second-order valence-corrected chi connectivity index (χ2v) is 14.1. The highest BCUT2D eigenvalue weighted by molar-refractivity contribution is 6.01. The first-order valence-electron chi connectivity index (χ1n) is 15.7. The highest BCUT2D eigenvalue weighted by atomic mass is 19.1. The average Bonchev–Trinajstić information content (AvgIpc) is 3.63. The van der Waals surface area contributed by atoms with E-state index in [-0.39, 0.29) is 24.7 Å². The molecule has 9 atom stereocenters. The first-order valence-corrected chi connectivity index (χ1v) is 15.7. The van der Waals surface area contributed by atoms with E-state index in [1.807, 2.05) is 42.9 Å². The number of aryl methyl sites for hydroxylation is 1. The third-order valence-corrected chi connectivity index (χ3v) is 12.1. The lowest BCUT2D eigenvalue weighted by Crippen LogP contribution is -2.69. The van der Waals surface area contributed by atoms with Gasteiger partial charge in [0.05, 0.1) is 24.5 Å². The molecular formula is C35H41FN2O7. The molecule has 2 aromatic rings. The van der Waals surface area contributed by atoms with Crippen LogP contribution in [-0.4, -0.2) is 61.5 Å². The molecule has 1 aromatic heterocycles. The molecule has 45 heavy (non-hydrogen) atoms. The van der Waals surface area contributed by atoms with Crippen molar-refractivity contribution in [1.82, 2.24) is 4.57 Å². The molecule has 1 aromatic carbocycles. The van der Waals surface area contributed by atoms with Crippen molar-refractivity contribution < 1.29 is 38.8 Å². The van der Waals surface area contributed by atoms with Crippen LogP contribution in [0.15, 0.2) is 54.3 Å². The van der Waals surface area contributed by atoms with Crippen LogP contribution in [0.1, 0.15) is 68.2 Å². The molecule has 9 nitrogen and oxygen atoms in total. The number of ether oxygens (including phenoxy) is 2. The first kappa shape index (κ1) is 30.5. The molecule has 2 heterocycles. The van der Waals surface area contributed by atoms with Crippen LogP contribution in [0.5, 0.6) is 0 Å². The van der Waals surface area contributed by atoms with Crippen LogP contribution in [0.25, 0.3) is 0 Å². The zero-order valence-corrected chi connectivity index (χ0v) is 25.8. The Morgan fingerprint density at radius 3 is 2.67 bits per heavy atom. The first-order chi connectivity index (χ1) is 21.3. The molecule has 5 N–H and O–H groups in total.